The van der Waals surface area contributed by atoms with Crippen molar-refractivity contribution in [1.82, 2.24) is 5.32 Å². The Morgan fingerprint density at radius 3 is 3.15 bits per heavy atom. The SMILES string of the molecule is CC1CNCCc2ccc(O)cc21. The molecule has 0 saturated heterocycles. The number of nitrogens with one attached hydrogen (secondary N) is 1. The van der Waals surface area contributed by atoms with E-state index in [9.17, 15) is 5.11 Å². The van der Waals surface area contributed by atoms with Gasteiger partial charge in [-0.25, -0.2) is 0 Å². The second-order valence-corrected chi connectivity index (χ2v) is 3.74. The van der Waals surface area contributed by atoms with Crippen molar-refractivity contribution in [2.75, 3.05) is 13.1 Å². The van der Waals surface area contributed by atoms with E-state index in [2.05, 4.69) is 12.2 Å². The minimum Gasteiger partial charge on any atom is -0.508 e. The predicted octanol–water partition coefficient (Wildman–Crippen LogP) is 1.64. The normalized spacial score (nSPS) is 22.1. The second kappa shape index (κ2) is 3.38. The van der Waals surface area contributed by atoms with Crippen molar-refractivity contribution in [3.63, 3.8) is 0 Å². The summed E-state index contributed by atoms with van der Waals surface area (Å²) < 4.78 is 0. The molecule has 1 heterocycles. The van der Waals surface area contributed by atoms with Crippen LogP contribution in [0.2, 0.25) is 0 Å². The number of phenols is 1. The topological polar surface area (TPSA) is 32.3 Å². The number of rotatable bonds is 0. The highest BCUT2D eigenvalue weighted by Gasteiger charge is 2.14. The molecule has 0 spiro atoms. The molecule has 2 rings (SSSR count). The Kier molecular flexibility index (Phi) is 2.23. The number of aromatic hydroxyl groups is 1. The van der Waals surface area contributed by atoms with E-state index in [1.165, 1.54) is 11.1 Å². The fourth-order valence-electron chi connectivity index (χ4n) is 1.92. The molecule has 1 aromatic carbocycles. The molecule has 1 aromatic rings. The molecule has 70 valence electrons. The Morgan fingerprint density at radius 2 is 2.31 bits per heavy atom. The Hall–Kier alpha value is -1.02. The van der Waals surface area contributed by atoms with Gasteiger partial charge in [0.25, 0.3) is 0 Å². The first-order valence-corrected chi connectivity index (χ1v) is 4.80. The highest BCUT2D eigenvalue weighted by atomic mass is 16.3. The lowest BCUT2D eigenvalue weighted by Crippen LogP contribution is -2.18. The van der Waals surface area contributed by atoms with Crippen LogP contribution in [-0.4, -0.2) is 18.2 Å². The quantitative estimate of drug-likeness (QED) is 0.631. The first-order valence-electron chi connectivity index (χ1n) is 4.80. The van der Waals surface area contributed by atoms with Crippen LogP contribution < -0.4 is 5.32 Å². The molecule has 2 nitrogen and oxygen atoms in total. The maximum Gasteiger partial charge on any atom is 0.115 e. The van der Waals surface area contributed by atoms with Gasteiger partial charge >= 0.3 is 0 Å². The maximum atomic E-state index is 9.38. The summed E-state index contributed by atoms with van der Waals surface area (Å²) in [5.41, 5.74) is 2.67. The monoisotopic (exact) mass is 177 g/mol. The lowest BCUT2D eigenvalue weighted by Gasteiger charge is -2.11. The smallest absolute Gasteiger partial charge is 0.115 e. The van der Waals surface area contributed by atoms with Crippen molar-refractivity contribution in [2.24, 2.45) is 0 Å². The predicted molar refractivity (Wildman–Crippen MR) is 53.1 cm³/mol. The summed E-state index contributed by atoms with van der Waals surface area (Å²) in [5, 5.41) is 12.8. The summed E-state index contributed by atoms with van der Waals surface area (Å²) >= 11 is 0. The fourth-order valence-corrected chi connectivity index (χ4v) is 1.92. The van der Waals surface area contributed by atoms with Crippen molar-refractivity contribution in [3.8, 4) is 5.75 Å². The van der Waals surface area contributed by atoms with E-state index in [0.29, 0.717) is 11.7 Å². The van der Waals surface area contributed by atoms with Crippen LogP contribution in [0.4, 0.5) is 0 Å². The van der Waals surface area contributed by atoms with E-state index in [1.807, 2.05) is 12.1 Å². The summed E-state index contributed by atoms with van der Waals surface area (Å²) in [6.45, 7) is 4.25. The molecular formula is C11H15NO. The number of hydrogen-bond donors (Lipinski definition) is 2. The maximum absolute atomic E-state index is 9.38. The van der Waals surface area contributed by atoms with Gasteiger partial charge in [0.1, 0.15) is 5.75 Å². The van der Waals surface area contributed by atoms with Crippen LogP contribution in [0.25, 0.3) is 0 Å². The Bertz CT molecular complexity index is 309. The zero-order valence-corrected chi connectivity index (χ0v) is 7.88. The van der Waals surface area contributed by atoms with Crippen LogP contribution in [0.3, 0.4) is 0 Å². The molecule has 2 N–H and O–H groups in total. The molecule has 1 aliphatic rings. The second-order valence-electron chi connectivity index (χ2n) is 3.74. The van der Waals surface area contributed by atoms with E-state index in [0.717, 1.165) is 19.5 Å². The van der Waals surface area contributed by atoms with Gasteiger partial charge in [-0.2, -0.15) is 0 Å². The zero-order valence-electron chi connectivity index (χ0n) is 7.88. The molecule has 1 aliphatic heterocycles. The lowest BCUT2D eigenvalue weighted by atomic mass is 9.95. The highest BCUT2D eigenvalue weighted by molar-refractivity contribution is 5.38. The van der Waals surface area contributed by atoms with Crippen LogP contribution in [0.15, 0.2) is 18.2 Å². The van der Waals surface area contributed by atoms with Crippen molar-refractivity contribution >= 4 is 0 Å². The van der Waals surface area contributed by atoms with E-state index >= 15 is 0 Å². The van der Waals surface area contributed by atoms with Gasteiger partial charge in [0, 0.05) is 6.54 Å². The first kappa shape index (κ1) is 8.57. The third kappa shape index (κ3) is 1.68. The average Bonchev–Trinajstić information content (AvgIpc) is 2.29. The molecule has 0 fully saturated rings. The van der Waals surface area contributed by atoms with Crippen LogP contribution in [-0.2, 0) is 6.42 Å². The standard InChI is InChI=1S/C11H15NO/c1-8-7-12-5-4-9-2-3-10(13)6-11(8)9/h2-3,6,8,12-13H,4-5,7H2,1H3. The Morgan fingerprint density at radius 1 is 1.46 bits per heavy atom. The minimum atomic E-state index is 0.382. The summed E-state index contributed by atoms with van der Waals surface area (Å²) in [7, 11) is 0. The van der Waals surface area contributed by atoms with Gasteiger partial charge in [0.05, 0.1) is 0 Å². The number of phenolic OH excluding ortho intramolecular Hbond substituents is 1. The molecule has 0 aliphatic carbocycles. The van der Waals surface area contributed by atoms with Crippen molar-refractivity contribution in [2.45, 2.75) is 19.3 Å². The molecule has 0 bridgehead atoms. The van der Waals surface area contributed by atoms with Crippen LogP contribution in [0.5, 0.6) is 5.75 Å². The first-order chi connectivity index (χ1) is 6.27. The van der Waals surface area contributed by atoms with Gasteiger partial charge in [0.2, 0.25) is 0 Å². The number of benzene rings is 1. The molecular weight excluding hydrogens is 162 g/mol. The largest absolute Gasteiger partial charge is 0.508 e. The van der Waals surface area contributed by atoms with Crippen LogP contribution >= 0.6 is 0 Å². The molecule has 0 aromatic heterocycles. The van der Waals surface area contributed by atoms with Gasteiger partial charge < -0.3 is 10.4 Å². The highest BCUT2D eigenvalue weighted by Crippen LogP contribution is 2.25. The molecule has 0 saturated carbocycles. The fraction of sp³-hybridized carbons (Fsp3) is 0.455. The van der Waals surface area contributed by atoms with Crippen molar-refractivity contribution < 1.29 is 5.11 Å². The van der Waals surface area contributed by atoms with Crippen molar-refractivity contribution in [1.29, 1.82) is 0 Å². The van der Waals surface area contributed by atoms with E-state index in [-0.39, 0.29) is 0 Å². The summed E-state index contributed by atoms with van der Waals surface area (Å²) in [4.78, 5) is 0. The third-order valence-corrected chi connectivity index (χ3v) is 2.68. The average molecular weight is 177 g/mol. The molecule has 0 amide bonds. The van der Waals surface area contributed by atoms with Gasteiger partial charge in [0.15, 0.2) is 0 Å². The zero-order chi connectivity index (χ0) is 9.26. The van der Waals surface area contributed by atoms with E-state index < -0.39 is 0 Å². The minimum absolute atomic E-state index is 0.382. The summed E-state index contributed by atoms with van der Waals surface area (Å²) in [6, 6.07) is 5.71. The van der Waals surface area contributed by atoms with Gasteiger partial charge in [-0.3, -0.25) is 0 Å². The van der Waals surface area contributed by atoms with Gasteiger partial charge in [-0.05, 0) is 42.1 Å². The molecule has 1 atom stereocenters. The molecule has 1 unspecified atom stereocenters. The third-order valence-electron chi connectivity index (χ3n) is 2.68. The number of hydrogen-bond acceptors (Lipinski definition) is 2. The van der Waals surface area contributed by atoms with Crippen LogP contribution in [0.1, 0.15) is 24.0 Å². The van der Waals surface area contributed by atoms with E-state index in [1.54, 1.807) is 6.07 Å². The van der Waals surface area contributed by atoms with Crippen LogP contribution in [0, 0.1) is 0 Å². The van der Waals surface area contributed by atoms with Crippen molar-refractivity contribution in [3.05, 3.63) is 29.3 Å². The lowest BCUT2D eigenvalue weighted by molar-refractivity contribution is 0.473. The Balaban J connectivity index is 2.43. The van der Waals surface area contributed by atoms with Gasteiger partial charge in [-0.1, -0.05) is 13.0 Å². The molecule has 13 heavy (non-hydrogen) atoms. The van der Waals surface area contributed by atoms with Gasteiger partial charge in [-0.15, -0.1) is 0 Å². The van der Waals surface area contributed by atoms with E-state index in [4.69, 9.17) is 0 Å². The molecule has 0 radical (unpaired) electrons. The summed E-state index contributed by atoms with van der Waals surface area (Å²) in [5.74, 6) is 0.886. The number of fused-ring (bicyclic) bond motifs is 1. The summed E-state index contributed by atoms with van der Waals surface area (Å²) in [6.07, 6.45) is 1.07. The molecule has 2 heteroatoms. The Labute approximate surface area is 78.6 Å².